The van der Waals surface area contributed by atoms with E-state index in [9.17, 15) is 4.79 Å². The largest absolute Gasteiger partial charge is 0.325 e. The van der Waals surface area contributed by atoms with Gasteiger partial charge in [0.05, 0.1) is 5.69 Å². The van der Waals surface area contributed by atoms with E-state index in [4.69, 9.17) is 0 Å². The van der Waals surface area contributed by atoms with E-state index in [1.807, 2.05) is 23.6 Å². The molecule has 0 aliphatic heterocycles. The molecule has 0 bridgehead atoms. The lowest BCUT2D eigenvalue weighted by Gasteiger charge is -2.06. The van der Waals surface area contributed by atoms with Crippen molar-refractivity contribution in [3.8, 4) is 0 Å². The van der Waals surface area contributed by atoms with Gasteiger partial charge in [-0.2, -0.15) is 0 Å². The number of hydrogen-bond acceptors (Lipinski definition) is 2. The summed E-state index contributed by atoms with van der Waals surface area (Å²) < 4.78 is 0. The van der Waals surface area contributed by atoms with Crippen LogP contribution in [-0.4, -0.2) is 5.91 Å². The molecule has 0 atom stereocenters. The van der Waals surface area contributed by atoms with Gasteiger partial charge in [-0.15, -0.1) is 11.3 Å². The van der Waals surface area contributed by atoms with Crippen LogP contribution < -0.4 is 5.32 Å². The third kappa shape index (κ3) is 2.94. The van der Waals surface area contributed by atoms with Gasteiger partial charge in [0, 0.05) is 23.6 Å². The quantitative estimate of drug-likeness (QED) is 0.879. The number of carbonyl (C=O) groups is 1. The molecule has 0 aliphatic rings. The first kappa shape index (κ1) is 11.9. The highest BCUT2D eigenvalue weighted by Gasteiger charge is 2.10. The van der Waals surface area contributed by atoms with Crippen molar-refractivity contribution in [3.63, 3.8) is 0 Å². The number of thiophene rings is 1. The van der Waals surface area contributed by atoms with Gasteiger partial charge in [-0.3, -0.25) is 4.79 Å². The van der Waals surface area contributed by atoms with Gasteiger partial charge in [0.2, 0.25) is 5.91 Å². The van der Waals surface area contributed by atoms with Crippen molar-refractivity contribution < 1.29 is 4.79 Å². The molecule has 1 aromatic carbocycles. The summed E-state index contributed by atoms with van der Waals surface area (Å²) in [6.07, 6.45) is 0.867. The Morgan fingerprint density at radius 3 is 2.65 bits per heavy atom. The van der Waals surface area contributed by atoms with Crippen molar-refractivity contribution >= 4 is 22.9 Å². The standard InChI is InChI=1S/C14H15NOS/c1-10-13(8-12-6-4-3-5-7-12)14(9-17-10)15-11(2)16/h3-7,9H,8H2,1-2H3,(H,15,16). The molecule has 0 saturated heterocycles. The van der Waals surface area contributed by atoms with Gasteiger partial charge in [0.1, 0.15) is 0 Å². The summed E-state index contributed by atoms with van der Waals surface area (Å²) >= 11 is 1.68. The van der Waals surface area contributed by atoms with E-state index >= 15 is 0 Å². The van der Waals surface area contributed by atoms with Crippen LogP contribution in [0.15, 0.2) is 35.7 Å². The molecular formula is C14H15NOS. The van der Waals surface area contributed by atoms with Gasteiger partial charge < -0.3 is 5.32 Å². The predicted octanol–water partition coefficient (Wildman–Crippen LogP) is 3.61. The first-order valence-corrected chi connectivity index (χ1v) is 6.43. The SMILES string of the molecule is CC(=O)Nc1csc(C)c1Cc1ccccc1. The highest BCUT2D eigenvalue weighted by molar-refractivity contribution is 7.10. The van der Waals surface area contributed by atoms with E-state index in [1.165, 1.54) is 16.0 Å². The fourth-order valence-electron chi connectivity index (χ4n) is 1.79. The molecule has 2 nitrogen and oxygen atoms in total. The molecule has 0 unspecified atom stereocenters. The fraction of sp³-hybridized carbons (Fsp3) is 0.214. The highest BCUT2D eigenvalue weighted by Crippen LogP contribution is 2.28. The summed E-state index contributed by atoms with van der Waals surface area (Å²) in [6, 6.07) is 10.3. The Bertz CT molecular complexity index is 516. The lowest BCUT2D eigenvalue weighted by molar-refractivity contribution is -0.114. The van der Waals surface area contributed by atoms with Crippen LogP contribution in [0.3, 0.4) is 0 Å². The molecule has 17 heavy (non-hydrogen) atoms. The lowest BCUT2D eigenvalue weighted by atomic mass is 10.0. The summed E-state index contributed by atoms with van der Waals surface area (Å²) in [5, 5.41) is 4.89. The van der Waals surface area contributed by atoms with Gasteiger partial charge in [-0.25, -0.2) is 0 Å². The molecule has 3 heteroatoms. The van der Waals surface area contributed by atoms with Crippen LogP contribution in [0, 0.1) is 6.92 Å². The molecule has 0 radical (unpaired) electrons. The van der Waals surface area contributed by atoms with Gasteiger partial charge in [0.25, 0.3) is 0 Å². The normalized spacial score (nSPS) is 10.2. The Morgan fingerprint density at radius 2 is 2.00 bits per heavy atom. The molecule has 1 N–H and O–H groups in total. The van der Waals surface area contributed by atoms with Crippen LogP contribution in [0.2, 0.25) is 0 Å². The van der Waals surface area contributed by atoms with Crippen molar-refractivity contribution in [3.05, 3.63) is 51.7 Å². The second kappa shape index (κ2) is 5.15. The minimum atomic E-state index is -0.0166. The maximum atomic E-state index is 11.1. The van der Waals surface area contributed by atoms with Gasteiger partial charge in [-0.1, -0.05) is 30.3 Å². The van der Waals surface area contributed by atoms with Crippen molar-refractivity contribution in [1.82, 2.24) is 0 Å². The van der Waals surface area contributed by atoms with E-state index in [2.05, 4.69) is 24.4 Å². The first-order chi connectivity index (χ1) is 8.16. The zero-order valence-corrected chi connectivity index (χ0v) is 10.8. The van der Waals surface area contributed by atoms with Crippen LogP contribution in [0.5, 0.6) is 0 Å². The fourth-order valence-corrected chi connectivity index (χ4v) is 2.61. The molecule has 0 spiro atoms. The number of aryl methyl sites for hydroxylation is 1. The highest BCUT2D eigenvalue weighted by atomic mass is 32.1. The van der Waals surface area contributed by atoms with E-state index in [0.717, 1.165) is 12.1 Å². The minimum absolute atomic E-state index is 0.0166. The van der Waals surface area contributed by atoms with Crippen molar-refractivity contribution in [2.45, 2.75) is 20.3 Å². The molecule has 0 fully saturated rings. The smallest absolute Gasteiger partial charge is 0.221 e. The number of hydrogen-bond donors (Lipinski definition) is 1. The van der Waals surface area contributed by atoms with Crippen LogP contribution in [-0.2, 0) is 11.2 Å². The molecular weight excluding hydrogens is 230 g/mol. The second-order valence-electron chi connectivity index (χ2n) is 4.03. The van der Waals surface area contributed by atoms with Crippen molar-refractivity contribution in [2.24, 2.45) is 0 Å². The molecule has 1 heterocycles. The number of rotatable bonds is 3. The monoisotopic (exact) mass is 245 g/mol. The molecule has 0 saturated carbocycles. The third-order valence-corrected chi connectivity index (χ3v) is 3.59. The summed E-state index contributed by atoms with van der Waals surface area (Å²) in [5.41, 5.74) is 3.43. The zero-order chi connectivity index (χ0) is 12.3. The second-order valence-corrected chi connectivity index (χ2v) is 5.11. The predicted molar refractivity (Wildman–Crippen MR) is 72.6 cm³/mol. The van der Waals surface area contributed by atoms with E-state index in [0.29, 0.717) is 0 Å². The third-order valence-electron chi connectivity index (χ3n) is 2.64. The minimum Gasteiger partial charge on any atom is -0.325 e. The summed E-state index contributed by atoms with van der Waals surface area (Å²) in [5.74, 6) is -0.0166. The summed E-state index contributed by atoms with van der Waals surface area (Å²) in [6.45, 7) is 3.63. The van der Waals surface area contributed by atoms with Crippen LogP contribution >= 0.6 is 11.3 Å². The van der Waals surface area contributed by atoms with E-state index in [1.54, 1.807) is 18.3 Å². The molecule has 2 rings (SSSR count). The van der Waals surface area contributed by atoms with Gasteiger partial charge in [0.15, 0.2) is 0 Å². The maximum absolute atomic E-state index is 11.1. The molecule has 1 amide bonds. The zero-order valence-electron chi connectivity index (χ0n) is 9.99. The van der Waals surface area contributed by atoms with Gasteiger partial charge >= 0.3 is 0 Å². The number of anilines is 1. The molecule has 88 valence electrons. The average molecular weight is 245 g/mol. The average Bonchev–Trinajstić information content (AvgIpc) is 2.62. The van der Waals surface area contributed by atoms with Crippen molar-refractivity contribution in [1.29, 1.82) is 0 Å². The number of nitrogens with one attached hydrogen (secondary N) is 1. The Balaban J connectivity index is 2.26. The van der Waals surface area contributed by atoms with Crippen LogP contribution in [0.25, 0.3) is 0 Å². The summed E-state index contributed by atoms with van der Waals surface area (Å²) in [4.78, 5) is 12.4. The molecule has 1 aromatic heterocycles. The van der Waals surface area contributed by atoms with Crippen LogP contribution in [0.4, 0.5) is 5.69 Å². The van der Waals surface area contributed by atoms with E-state index < -0.39 is 0 Å². The molecule has 2 aromatic rings. The number of amides is 1. The Labute approximate surface area is 105 Å². The Hall–Kier alpha value is -1.61. The molecule has 0 aliphatic carbocycles. The van der Waals surface area contributed by atoms with E-state index in [-0.39, 0.29) is 5.91 Å². The summed E-state index contributed by atoms with van der Waals surface area (Å²) in [7, 11) is 0. The lowest BCUT2D eigenvalue weighted by Crippen LogP contribution is -2.07. The number of carbonyl (C=O) groups excluding carboxylic acids is 1. The van der Waals surface area contributed by atoms with Crippen LogP contribution in [0.1, 0.15) is 22.9 Å². The maximum Gasteiger partial charge on any atom is 0.221 e. The van der Waals surface area contributed by atoms with Gasteiger partial charge in [-0.05, 0) is 18.1 Å². The topological polar surface area (TPSA) is 29.1 Å². The first-order valence-electron chi connectivity index (χ1n) is 5.55. The Morgan fingerprint density at radius 1 is 1.29 bits per heavy atom. The Kier molecular flexibility index (Phi) is 3.59. The van der Waals surface area contributed by atoms with Crippen molar-refractivity contribution in [2.75, 3.05) is 5.32 Å². The number of benzene rings is 1.